The van der Waals surface area contributed by atoms with Crippen LogP contribution in [0, 0.1) is 0 Å². The van der Waals surface area contributed by atoms with Gasteiger partial charge in [-0.25, -0.2) is 13.1 Å². The number of ether oxygens (including phenoxy) is 2. The van der Waals surface area contributed by atoms with Crippen molar-refractivity contribution in [3.63, 3.8) is 0 Å². The second-order valence-corrected chi connectivity index (χ2v) is 8.18. The molecule has 7 nitrogen and oxygen atoms in total. The van der Waals surface area contributed by atoms with Gasteiger partial charge in [0.15, 0.2) is 0 Å². The minimum absolute atomic E-state index is 0.0351. The third kappa shape index (κ3) is 4.02. The Balaban J connectivity index is 1.76. The maximum atomic E-state index is 12.7. The number of likely N-dealkylation sites (N-methyl/N-ethyl adjacent to an activating group) is 1. The molecule has 0 radical (unpaired) electrons. The van der Waals surface area contributed by atoms with Crippen molar-refractivity contribution < 1.29 is 23.0 Å². The van der Waals surface area contributed by atoms with Gasteiger partial charge in [0.25, 0.3) is 0 Å². The van der Waals surface area contributed by atoms with E-state index in [1.54, 1.807) is 6.07 Å². The van der Waals surface area contributed by atoms with Gasteiger partial charge in [0.05, 0.1) is 20.3 Å². The Morgan fingerprint density at radius 3 is 2.67 bits per heavy atom. The van der Waals surface area contributed by atoms with E-state index >= 15 is 0 Å². The van der Waals surface area contributed by atoms with Crippen LogP contribution in [-0.2, 0) is 16.4 Å². The Hall–Kier alpha value is -2.29. The summed E-state index contributed by atoms with van der Waals surface area (Å²) in [6, 6.07) is 10.3. The molecule has 0 aliphatic carbocycles. The molecule has 146 valence electrons. The molecular weight excluding hydrogens is 368 g/mol. The zero-order valence-electron chi connectivity index (χ0n) is 15.6. The second-order valence-electron chi connectivity index (χ2n) is 6.44. The molecule has 0 spiro atoms. The van der Waals surface area contributed by atoms with Crippen LogP contribution in [-0.4, -0.2) is 47.9 Å². The first-order chi connectivity index (χ1) is 12.9. The first-order valence-corrected chi connectivity index (χ1v) is 10.1. The molecule has 0 fully saturated rings. The molecule has 2 aromatic rings. The summed E-state index contributed by atoms with van der Waals surface area (Å²) in [6.07, 6.45) is -0.0355. The molecule has 27 heavy (non-hydrogen) atoms. The lowest BCUT2D eigenvalue weighted by Gasteiger charge is -2.16. The molecule has 1 atom stereocenters. The SMILES string of the molecule is COc1ccc(OC)c(S(=O)(=O)NCC(O)c2ccc3c(c2)CCN3C)c1. The number of fused-ring (bicyclic) bond motifs is 1. The molecule has 0 bridgehead atoms. The molecule has 0 saturated heterocycles. The largest absolute Gasteiger partial charge is 0.497 e. The van der Waals surface area contributed by atoms with Crippen LogP contribution >= 0.6 is 0 Å². The number of nitrogens with one attached hydrogen (secondary N) is 1. The summed E-state index contributed by atoms with van der Waals surface area (Å²) < 4.78 is 38.1. The topological polar surface area (TPSA) is 88.1 Å². The van der Waals surface area contributed by atoms with Gasteiger partial charge in [0.1, 0.15) is 16.4 Å². The summed E-state index contributed by atoms with van der Waals surface area (Å²) in [5.41, 5.74) is 2.99. The van der Waals surface area contributed by atoms with E-state index in [4.69, 9.17) is 9.47 Å². The van der Waals surface area contributed by atoms with Gasteiger partial charge in [-0.05, 0) is 35.7 Å². The summed E-state index contributed by atoms with van der Waals surface area (Å²) in [4.78, 5) is 2.12. The molecule has 1 aliphatic rings. The van der Waals surface area contributed by atoms with Crippen LogP contribution < -0.4 is 19.1 Å². The van der Waals surface area contributed by atoms with Crippen molar-refractivity contribution in [2.45, 2.75) is 17.4 Å². The lowest BCUT2D eigenvalue weighted by atomic mass is 10.0. The minimum Gasteiger partial charge on any atom is -0.497 e. The van der Waals surface area contributed by atoms with Gasteiger partial charge < -0.3 is 19.5 Å². The van der Waals surface area contributed by atoms with E-state index in [0.717, 1.165) is 24.2 Å². The Bertz CT molecular complexity index is 930. The molecule has 1 heterocycles. The number of aliphatic hydroxyl groups is 1. The van der Waals surface area contributed by atoms with Crippen molar-refractivity contribution in [2.75, 3.05) is 39.3 Å². The average molecular weight is 392 g/mol. The number of nitrogens with zero attached hydrogens (tertiary/aromatic N) is 1. The highest BCUT2D eigenvalue weighted by molar-refractivity contribution is 7.89. The van der Waals surface area contributed by atoms with Crippen LogP contribution in [0.2, 0.25) is 0 Å². The molecule has 1 aliphatic heterocycles. The number of aliphatic hydroxyl groups excluding tert-OH is 1. The standard InChI is InChI=1S/C19H24N2O5S/c1-21-9-8-13-10-14(4-6-16(13)21)17(22)12-20-27(23,24)19-11-15(25-2)5-7-18(19)26-3/h4-7,10-11,17,20,22H,8-9,12H2,1-3H3. The van der Waals surface area contributed by atoms with Crippen LogP contribution in [0.5, 0.6) is 11.5 Å². The second kappa shape index (κ2) is 7.75. The van der Waals surface area contributed by atoms with Crippen molar-refractivity contribution in [3.8, 4) is 11.5 Å². The fraction of sp³-hybridized carbons (Fsp3) is 0.368. The number of hydrogen-bond acceptors (Lipinski definition) is 6. The maximum Gasteiger partial charge on any atom is 0.244 e. The average Bonchev–Trinajstić information content (AvgIpc) is 3.05. The highest BCUT2D eigenvalue weighted by Gasteiger charge is 2.23. The molecule has 0 saturated carbocycles. The Labute approximate surface area is 159 Å². The third-order valence-corrected chi connectivity index (χ3v) is 6.19. The number of benzene rings is 2. The first kappa shape index (κ1) is 19.5. The summed E-state index contributed by atoms with van der Waals surface area (Å²) >= 11 is 0. The van der Waals surface area contributed by atoms with Gasteiger partial charge in [0.2, 0.25) is 10.0 Å². The van der Waals surface area contributed by atoms with Crippen molar-refractivity contribution >= 4 is 15.7 Å². The van der Waals surface area contributed by atoms with E-state index in [2.05, 4.69) is 9.62 Å². The zero-order valence-corrected chi connectivity index (χ0v) is 16.4. The molecule has 2 aromatic carbocycles. The predicted octanol–water partition coefficient (Wildman–Crippen LogP) is 1.71. The molecule has 0 aromatic heterocycles. The van der Waals surface area contributed by atoms with Gasteiger partial charge in [-0.1, -0.05) is 12.1 Å². The first-order valence-electron chi connectivity index (χ1n) is 8.59. The summed E-state index contributed by atoms with van der Waals surface area (Å²) in [7, 11) is 1.00. The zero-order chi connectivity index (χ0) is 19.6. The van der Waals surface area contributed by atoms with Crippen molar-refractivity contribution in [2.24, 2.45) is 0 Å². The van der Waals surface area contributed by atoms with E-state index in [0.29, 0.717) is 11.3 Å². The highest BCUT2D eigenvalue weighted by atomic mass is 32.2. The molecule has 8 heteroatoms. The molecule has 3 rings (SSSR count). The predicted molar refractivity (Wildman–Crippen MR) is 103 cm³/mol. The van der Waals surface area contributed by atoms with Crippen molar-refractivity contribution in [1.29, 1.82) is 0 Å². The third-order valence-electron chi connectivity index (χ3n) is 4.74. The summed E-state index contributed by atoms with van der Waals surface area (Å²) in [5, 5.41) is 10.5. The van der Waals surface area contributed by atoms with Gasteiger partial charge in [-0.3, -0.25) is 0 Å². The molecule has 2 N–H and O–H groups in total. The number of sulfonamides is 1. The van der Waals surface area contributed by atoms with Gasteiger partial charge in [0, 0.05) is 31.9 Å². The van der Waals surface area contributed by atoms with Crippen LogP contribution in [0.1, 0.15) is 17.2 Å². The minimum atomic E-state index is -3.88. The van der Waals surface area contributed by atoms with Gasteiger partial charge in [-0.2, -0.15) is 0 Å². The monoisotopic (exact) mass is 392 g/mol. The Kier molecular flexibility index (Phi) is 5.59. The van der Waals surface area contributed by atoms with E-state index < -0.39 is 16.1 Å². The number of rotatable bonds is 7. The van der Waals surface area contributed by atoms with Crippen LogP contribution in [0.4, 0.5) is 5.69 Å². The Morgan fingerprint density at radius 1 is 1.19 bits per heavy atom. The van der Waals surface area contributed by atoms with E-state index in [1.807, 2.05) is 25.2 Å². The normalized spacial score (nSPS) is 14.7. The molecular formula is C19H24N2O5S. The fourth-order valence-corrected chi connectivity index (χ4v) is 4.39. The smallest absolute Gasteiger partial charge is 0.244 e. The maximum absolute atomic E-state index is 12.7. The van der Waals surface area contributed by atoms with Crippen LogP contribution in [0.15, 0.2) is 41.3 Å². The Morgan fingerprint density at radius 2 is 1.96 bits per heavy atom. The van der Waals surface area contributed by atoms with Crippen LogP contribution in [0.25, 0.3) is 0 Å². The number of hydrogen-bond donors (Lipinski definition) is 2. The lowest BCUT2D eigenvalue weighted by Crippen LogP contribution is -2.29. The summed E-state index contributed by atoms with van der Waals surface area (Å²) in [5.74, 6) is 0.609. The number of anilines is 1. The molecule has 0 amide bonds. The number of methoxy groups -OCH3 is 2. The van der Waals surface area contributed by atoms with Crippen molar-refractivity contribution in [1.82, 2.24) is 4.72 Å². The van der Waals surface area contributed by atoms with E-state index in [9.17, 15) is 13.5 Å². The fourth-order valence-electron chi connectivity index (χ4n) is 3.17. The van der Waals surface area contributed by atoms with Crippen molar-refractivity contribution in [3.05, 3.63) is 47.5 Å². The highest BCUT2D eigenvalue weighted by Crippen LogP contribution is 2.30. The van der Waals surface area contributed by atoms with Crippen LogP contribution in [0.3, 0.4) is 0 Å². The summed E-state index contributed by atoms with van der Waals surface area (Å²) in [6.45, 7) is 0.800. The molecule has 1 unspecified atom stereocenters. The van der Waals surface area contributed by atoms with E-state index in [1.165, 1.54) is 26.4 Å². The quantitative estimate of drug-likeness (QED) is 0.746. The van der Waals surface area contributed by atoms with E-state index in [-0.39, 0.29) is 17.2 Å². The lowest BCUT2D eigenvalue weighted by molar-refractivity contribution is 0.182. The van der Waals surface area contributed by atoms with Gasteiger partial charge in [-0.15, -0.1) is 0 Å². The van der Waals surface area contributed by atoms with Gasteiger partial charge >= 0.3 is 0 Å².